The van der Waals surface area contributed by atoms with Crippen molar-refractivity contribution in [2.75, 3.05) is 19.7 Å². The molecule has 19 heavy (non-hydrogen) atoms. The third kappa shape index (κ3) is 3.45. The normalized spacial score (nSPS) is 22.2. The highest BCUT2D eigenvalue weighted by atomic mass is 16.5. The van der Waals surface area contributed by atoms with Crippen molar-refractivity contribution in [2.24, 2.45) is 5.92 Å². The summed E-state index contributed by atoms with van der Waals surface area (Å²) < 4.78 is 4.74. The second-order valence-electron chi connectivity index (χ2n) is 4.99. The maximum absolute atomic E-state index is 12.0. The van der Waals surface area contributed by atoms with Crippen LogP contribution in [0.1, 0.15) is 32.6 Å². The van der Waals surface area contributed by atoms with Crippen LogP contribution in [-0.4, -0.2) is 48.4 Å². The standard InChI is InChI=1S/C13H20N2O4/c1-2-19-11(16)8-14-12(17)10-4-3-7-15(10)13(18)9-5-6-9/h9-10H,2-8H2,1H3,(H,14,17). The zero-order valence-corrected chi connectivity index (χ0v) is 11.2. The van der Waals surface area contributed by atoms with E-state index in [2.05, 4.69) is 5.32 Å². The highest BCUT2D eigenvalue weighted by Gasteiger charge is 2.40. The molecule has 0 aromatic heterocycles. The average molecular weight is 268 g/mol. The lowest BCUT2D eigenvalue weighted by atomic mass is 10.2. The molecule has 2 amide bonds. The number of rotatable bonds is 5. The lowest BCUT2D eigenvalue weighted by Gasteiger charge is -2.23. The number of amides is 2. The number of likely N-dealkylation sites (tertiary alicyclic amines) is 1. The number of carbonyl (C=O) groups excluding carboxylic acids is 3. The predicted molar refractivity (Wildman–Crippen MR) is 67.1 cm³/mol. The van der Waals surface area contributed by atoms with Crippen molar-refractivity contribution >= 4 is 17.8 Å². The molecule has 6 nitrogen and oxygen atoms in total. The van der Waals surface area contributed by atoms with Gasteiger partial charge in [0, 0.05) is 12.5 Å². The predicted octanol–water partition coefficient (Wildman–Crippen LogP) is 0.0667. The summed E-state index contributed by atoms with van der Waals surface area (Å²) in [5, 5.41) is 2.55. The smallest absolute Gasteiger partial charge is 0.325 e. The minimum atomic E-state index is -0.450. The molecule has 1 atom stereocenters. The van der Waals surface area contributed by atoms with Crippen LogP contribution in [0.4, 0.5) is 0 Å². The van der Waals surface area contributed by atoms with Gasteiger partial charge in [-0.15, -0.1) is 0 Å². The largest absolute Gasteiger partial charge is 0.465 e. The van der Waals surface area contributed by atoms with Crippen LogP contribution < -0.4 is 5.32 Å². The lowest BCUT2D eigenvalue weighted by Crippen LogP contribution is -2.47. The molecule has 6 heteroatoms. The molecule has 1 unspecified atom stereocenters. The van der Waals surface area contributed by atoms with E-state index >= 15 is 0 Å². The van der Waals surface area contributed by atoms with E-state index in [1.165, 1.54) is 0 Å². The third-order valence-electron chi connectivity index (χ3n) is 3.48. The Balaban J connectivity index is 1.83. The van der Waals surface area contributed by atoms with E-state index in [4.69, 9.17) is 4.74 Å². The van der Waals surface area contributed by atoms with Crippen LogP contribution in [0.2, 0.25) is 0 Å². The summed E-state index contributed by atoms with van der Waals surface area (Å²) in [4.78, 5) is 36.9. The fraction of sp³-hybridized carbons (Fsp3) is 0.769. The van der Waals surface area contributed by atoms with E-state index in [0.29, 0.717) is 19.6 Å². The summed E-state index contributed by atoms with van der Waals surface area (Å²) in [6.07, 6.45) is 3.39. The molecule has 1 heterocycles. The Hall–Kier alpha value is -1.59. The van der Waals surface area contributed by atoms with Gasteiger partial charge in [0.15, 0.2) is 0 Å². The first-order valence-electron chi connectivity index (χ1n) is 6.87. The van der Waals surface area contributed by atoms with Gasteiger partial charge in [0.2, 0.25) is 11.8 Å². The quantitative estimate of drug-likeness (QED) is 0.716. The van der Waals surface area contributed by atoms with Crippen LogP contribution in [0.15, 0.2) is 0 Å². The molecule has 1 saturated carbocycles. The summed E-state index contributed by atoms with van der Waals surface area (Å²) in [5.74, 6) is -0.485. The number of esters is 1. The minimum Gasteiger partial charge on any atom is -0.465 e. The number of nitrogens with zero attached hydrogens (tertiary/aromatic N) is 1. The summed E-state index contributed by atoms with van der Waals surface area (Å²) in [7, 11) is 0. The van der Waals surface area contributed by atoms with Crippen molar-refractivity contribution < 1.29 is 19.1 Å². The van der Waals surface area contributed by atoms with Gasteiger partial charge < -0.3 is 15.0 Å². The Bertz CT molecular complexity index is 379. The fourth-order valence-corrected chi connectivity index (χ4v) is 2.36. The van der Waals surface area contributed by atoms with Crippen LogP contribution in [-0.2, 0) is 19.1 Å². The van der Waals surface area contributed by atoms with Gasteiger partial charge in [-0.25, -0.2) is 0 Å². The van der Waals surface area contributed by atoms with E-state index in [9.17, 15) is 14.4 Å². The number of ether oxygens (including phenoxy) is 1. The molecule has 0 aromatic rings. The molecular formula is C13H20N2O4. The molecule has 0 radical (unpaired) electrons. The fourth-order valence-electron chi connectivity index (χ4n) is 2.36. The minimum absolute atomic E-state index is 0.0915. The highest BCUT2D eigenvalue weighted by molar-refractivity contribution is 5.91. The van der Waals surface area contributed by atoms with E-state index in [1.54, 1.807) is 11.8 Å². The van der Waals surface area contributed by atoms with Gasteiger partial charge >= 0.3 is 5.97 Å². The Morgan fingerprint density at radius 1 is 1.26 bits per heavy atom. The van der Waals surface area contributed by atoms with Crippen LogP contribution >= 0.6 is 0 Å². The van der Waals surface area contributed by atoms with Crippen molar-refractivity contribution in [2.45, 2.75) is 38.6 Å². The van der Waals surface area contributed by atoms with Gasteiger partial charge in [-0.05, 0) is 32.6 Å². The maximum Gasteiger partial charge on any atom is 0.325 e. The molecule has 0 aromatic carbocycles. The molecular weight excluding hydrogens is 248 g/mol. The van der Waals surface area contributed by atoms with Gasteiger partial charge in [0.05, 0.1) is 6.61 Å². The van der Waals surface area contributed by atoms with Crippen molar-refractivity contribution in [3.05, 3.63) is 0 Å². The van der Waals surface area contributed by atoms with Gasteiger partial charge in [-0.1, -0.05) is 0 Å². The number of hydrogen-bond acceptors (Lipinski definition) is 4. The van der Waals surface area contributed by atoms with Crippen molar-refractivity contribution in [3.63, 3.8) is 0 Å². The zero-order chi connectivity index (χ0) is 13.8. The third-order valence-corrected chi connectivity index (χ3v) is 3.48. The number of carbonyl (C=O) groups is 3. The van der Waals surface area contributed by atoms with Gasteiger partial charge in [0.25, 0.3) is 0 Å². The summed E-state index contributed by atoms with van der Waals surface area (Å²) in [5.41, 5.74) is 0. The van der Waals surface area contributed by atoms with Crippen molar-refractivity contribution in [3.8, 4) is 0 Å². The molecule has 1 N–H and O–H groups in total. The van der Waals surface area contributed by atoms with Crippen LogP contribution in [0.25, 0.3) is 0 Å². The second kappa shape index (κ2) is 6.04. The molecule has 0 spiro atoms. The Kier molecular flexibility index (Phi) is 4.39. The van der Waals surface area contributed by atoms with Gasteiger partial charge in [-0.3, -0.25) is 14.4 Å². The van der Waals surface area contributed by atoms with E-state index in [0.717, 1.165) is 19.3 Å². The monoisotopic (exact) mass is 268 g/mol. The van der Waals surface area contributed by atoms with Crippen molar-refractivity contribution in [1.82, 2.24) is 10.2 Å². The van der Waals surface area contributed by atoms with E-state index in [1.807, 2.05) is 0 Å². The Labute approximate surface area is 112 Å². The van der Waals surface area contributed by atoms with Gasteiger partial charge in [-0.2, -0.15) is 0 Å². The highest BCUT2D eigenvalue weighted by Crippen LogP contribution is 2.33. The SMILES string of the molecule is CCOC(=O)CNC(=O)C1CCCN1C(=O)C1CC1. The molecule has 1 aliphatic heterocycles. The molecule has 0 bridgehead atoms. The van der Waals surface area contributed by atoms with E-state index < -0.39 is 12.0 Å². The molecule has 1 aliphatic carbocycles. The second-order valence-corrected chi connectivity index (χ2v) is 4.99. The maximum atomic E-state index is 12.0. The zero-order valence-electron chi connectivity index (χ0n) is 11.2. The van der Waals surface area contributed by atoms with Gasteiger partial charge in [0.1, 0.15) is 12.6 Å². The number of nitrogens with one attached hydrogen (secondary N) is 1. The summed E-state index contributed by atoms with van der Waals surface area (Å²) in [6.45, 7) is 2.53. The summed E-state index contributed by atoms with van der Waals surface area (Å²) >= 11 is 0. The summed E-state index contributed by atoms with van der Waals surface area (Å²) in [6, 6.07) is -0.414. The molecule has 2 aliphatic rings. The first kappa shape index (κ1) is 13.8. The molecule has 2 fully saturated rings. The van der Waals surface area contributed by atoms with Crippen molar-refractivity contribution in [1.29, 1.82) is 0 Å². The topological polar surface area (TPSA) is 75.7 Å². The Morgan fingerprint density at radius 3 is 2.63 bits per heavy atom. The van der Waals surface area contributed by atoms with Crippen LogP contribution in [0.5, 0.6) is 0 Å². The first-order chi connectivity index (χ1) is 9.13. The lowest BCUT2D eigenvalue weighted by molar-refractivity contribution is -0.144. The molecule has 1 saturated heterocycles. The van der Waals surface area contributed by atoms with Crippen LogP contribution in [0.3, 0.4) is 0 Å². The average Bonchev–Trinajstić information content (AvgIpc) is 3.12. The van der Waals surface area contributed by atoms with Crippen LogP contribution in [0, 0.1) is 5.92 Å². The Morgan fingerprint density at radius 2 is 2.00 bits per heavy atom. The molecule has 106 valence electrons. The molecule has 2 rings (SSSR count). The van der Waals surface area contributed by atoms with E-state index in [-0.39, 0.29) is 24.3 Å². The number of hydrogen-bond donors (Lipinski definition) is 1. The first-order valence-corrected chi connectivity index (χ1v) is 6.87.